The third kappa shape index (κ3) is 7.11. The molecule has 0 unspecified atom stereocenters. The molecule has 31 heavy (non-hydrogen) atoms. The molecule has 0 spiro atoms. The number of nitrogens with zero attached hydrogens (tertiary/aromatic N) is 1. The molecule has 0 saturated carbocycles. The molecule has 2 amide bonds. The molecule has 0 atom stereocenters. The molecule has 0 aliphatic carbocycles. The van der Waals surface area contributed by atoms with Gasteiger partial charge in [0.15, 0.2) is 4.34 Å². The molecule has 1 aromatic heterocycles. The molecule has 0 radical (unpaired) electrons. The second-order valence-corrected chi connectivity index (χ2v) is 9.25. The van der Waals surface area contributed by atoms with Crippen LogP contribution in [-0.2, 0) is 16.0 Å². The number of carbonyl (C=O) groups is 2. The second-order valence-electron chi connectivity index (χ2n) is 7.17. The average Bonchev–Trinajstić information content (AvgIpc) is 3.20. The van der Waals surface area contributed by atoms with E-state index in [1.807, 2.05) is 29.6 Å². The fourth-order valence-electron chi connectivity index (χ4n) is 2.76. The van der Waals surface area contributed by atoms with E-state index in [0.717, 1.165) is 15.8 Å². The summed E-state index contributed by atoms with van der Waals surface area (Å²) >= 11 is 2.78. The first kappa shape index (κ1) is 22.8. The lowest BCUT2D eigenvalue weighted by molar-refractivity contribution is -0.116. The summed E-state index contributed by atoms with van der Waals surface area (Å²) in [5.41, 5.74) is 3.41. The Morgan fingerprint density at radius 3 is 2.23 bits per heavy atom. The molecule has 2 aromatic carbocycles. The van der Waals surface area contributed by atoms with Crippen LogP contribution in [0.4, 0.5) is 11.4 Å². The lowest BCUT2D eigenvalue weighted by Gasteiger charge is -2.08. The van der Waals surface area contributed by atoms with Crippen LogP contribution in [0.3, 0.4) is 0 Å². The lowest BCUT2D eigenvalue weighted by atomic mass is 10.0. The Kier molecular flexibility index (Phi) is 8.08. The molecule has 0 aliphatic heterocycles. The van der Waals surface area contributed by atoms with E-state index in [9.17, 15) is 9.59 Å². The van der Waals surface area contributed by atoms with Crippen LogP contribution < -0.4 is 15.4 Å². The van der Waals surface area contributed by atoms with Gasteiger partial charge in [-0.1, -0.05) is 37.7 Å². The van der Waals surface area contributed by atoms with Gasteiger partial charge in [-0.25, -0.2) is 4.98 Å². The topological polar surface area (TPSA) is 80.3 Å². The van der Waals surface area contributed by atoms with Crippen molar-refractivity contribution < 1.29 is 14.3 Å². The van der Waals surface area contributed by atoms with E-state index in [2.05, 4.69) is 29.5 Å². The Balaban J connectivity index is 1.44. The highest BCUT2D eigenvalue weighted by atomic mass is 32.2. The Morgan fingerprint density at radius 2 is 1.61 bits per heavy atom. The third-order valence-electron chi connectivity index (χ3n) is 4.43. The molecular weight excluding hydrogens is 430 g/mol. The first-order valence-electron chi connectivity index (χ1n) is 9.84. The van der Waals surface area contributed by atoms with Gasteiger partial charge < -0.3 is 15.4 Å². The van der Waals surface area contributed by atoms with Crippen molar-refractivity contribution in [1.82, 2.24) is 4.98 Å². The molecule has 0 aliphatic rings. The predicted molar refractivity (Wildman–Crippen MR) is 127 cm³/mol. The highest BCUT2D eigenvalue weighted by Crippen LogP contribution is 2.24. The summed E-state index contributed by atoms with van der Waals surface area (Å²) in [5, 5.41) is 7.59. The molecule has 3 rings (SSSR count). The zero-order valence-electron chi connectivity index (χ0n) is 17.7. The van der Waals surface area contributed by atoms with Crippen LogP contribution in [0.1, 0.15) is 31.0 Å². The molecule has 0 fully saturated rings. The number of hydrogen-bond acceptors (Lipinski definition) is 6. The quantitative estimate of drug-likeness (QED) is 0.434. The highest BCUT2D eigenvalue weighted by Gasteiger charge is 2.11. The molecule has 1 heterocycles. The number of aromatic nitrogens is 1. The number of anilines is 2. The van der Waals surface area contributed by atoms with Gasteiger partial charge in [-0.3, -0.25) is 9.59 Å². The first-order valence-corrected chi connectivity index (χ1v) is 11.7. The van der Waals surface area contributed by atoms with Gasteiger partial charge in [0.05, 0.1) is 25.0 Å². The van der Waals surface area contributed by atoms with Crippen LogP contribution >= 0.6 is 23.1 Å². The smallest absolute Gasteiger partial charge is 0.234 e. The van der Waals surface area contributed by atoms with Crippen LogP contribution in [0.25, 0.3) is 0 Å². The molecule has 2 N–H and O–H groups in total. The number of thioether (sulfide) groups is 1. The molecule has 162 valence electrons. The Labute approximate surface area is 190 Å². The summed E-state index contributed by atoms with van der Waals surface area (Å²) < 4.78 is 5.86. The number of methoxy groups -OCH3 is 1. The minimum absolute atomic E-state index is 0.114. The molecule has 6 nitrogen and oxygen atoms in total. The summed E-state index contributed by atoms with van der Waals surface area (Å²) in [6, 6.07) is 15.0. The number of carbonyl (C=O) groups excluding carboxylic acids is 2. The van der Waals surface area contributed by atoms with Gasteiger partial charge in [-0.05, 0) is 47.9 Å². The number of thiazole rings is 1. The van der Waals surface area contributed by atoms with Crippen molar-refractivity contribution in [2.45, 2.75) is 30.5 Å². The lowest BCUT2D eigenvalue weighted by Crippen LogP contribution is -2.15. The third-order valence-corrected chi connectivity index (χ3v) is 6.50. The predicted octanol–water partition coefficient (Wildman–Crippen LogP) is 5.19. The van der Waals surface area contributed by atoms with Crippen molar-refractivity contribution in [2.75, 3.05) is 23.5 Å². The van der Waals surface area contributed by atoms with Crippen molar-refractivity contribution in [1.29, 1.82) is 0 Å². The number of hydrogen-bond donors (Lipinski definition) is 2. The van der Waals surface area contributed by atoms with Crippen LogP contribution in [0.2, 0.25) is 0 Å². The number of ether oxygens (including phenoxy) is 1. The van der Waals surface area contributed by atoms with E-state index in [-0.39, 0.29) is 24.0 Å². The second kappa shape index (κ2) is 11.0. The van der Waals surface area contributed by atoms with Gasteiger partial charge in [0.25, 0.3) is 0 Å². The summed E-state index contributed by atoms with van der Waals surface area (Å²) in [4.78, 5) is 28.9. The number of rotatable bonds is 9. The maximum Gasteiger partial charge on any atom is 0.234 e. The van der Waals surface area contributed by atoms with Gasteiger partial charge in [0.2, 0.25) is 11.8 Å². The van der Waals surface area contributed by atoms with Crippen LogP contribution in [-0.4, -0.2) is 29.7 Å². The van der Waals surface area contributed by atoms with Gasteiger partial charge in [0, 0.05) is 16.8 Å². The maximum atomic E-state index is 12.3. The molecule has 0 saturated heterocycles. The summed E-state index contributed by atoms with van der Waals surface area (Å²) in [6.45, 7) is 4.27. The summed E-state index contributed by atoms with van der Waals surface area (Å²) in [7, 11) is 1.60. The van der Waals surface area contributed by atoms with Gasteiger partial charge in [0.1, 0.15) is 5.75 Å². The fraction of sp³-hybridized carbons (Fsp3) is 0.261. The highest BCUT2D eigenvalue weighted by molar-refractivity contribution is 8.01. The normalized spacial score (nSPS) is 10.7. The van der Waals surface area contributed by atoms with E-state index in [4.69, 9.17) is 4.74 Å². The van der Waals surface area contributed by atoms with Crippen LogP contribution in [0.15, 0.2) is 58.3 Å². The Morgan fingerprint density at radius 1 is 1.00 bits per heavy atom. The van der Waals surface area contributed by atoms with E-state index in [0.29, 0.717) is 17.3 Å². The minimum Gasteiger partial charge on any atom is -0.497 e. The van der Waals surface area contributed by atoms with Crippen molar-refractivity contribution in [3.63, 3.8) is 0 Å². The van der Waals surface area contributed by atoms with Crippen molar-refractivity contribution in [3.05, 3.63) is 65.2 Å². The van der Waals surface area contributed by atoms with Crippen molar-refractivity contribution in [2.24, 2.45) is 0 Å². The maximum absolute atomic E-state index is 12.3. The summed E-state index contributed by atoms with van der Waals surface area (Å²) in [5.74, 6) is 1.20. The summed E-state index contributed by atoms with van der Waals surface area (Å²) in [6.07, 6.45) is 0.195. The van der Waals surface area contributed by atoms with Crippen LogP contribution in [0, 0.1) is 0 Å². The van der Waals surface area contributed by atoms with Gasteiger partial charge in [-0.15, -0.1) is 11.3 Å². The SMILES string of the molecule is COc1ccc(NC(=O)CSc2nc(CC(=O)Nc3ccc(C(C)C)cc3)cs2)cc1. The Hall–Kier alpha value is -2.84. The molecular formula is C23H25N3O3S2. The van der Waals surface area contributed by atoms with Gasteiger partial charge in [-0.2, -0.15) is 0 Å². The van der Waals surface area contributed by atoms with Gasteiger partial charge >= 0.3 is 0 Å². The van der Waals surface area contributed by atoms with Crippen LogP contribution in [0.5, 0.6) is 5.75 Å². The Bertz CT molecular complexity index is 1020. The zero-order chi connectivity index (χ0) is 22.2. The largest absolute Gasteiger partial charge is 0.497 e. The molecule has 8 heteroatoms. The number of nitrogens with one attached hydrogen (secondary N) is 2. The van der Waals surface area contributed by atoms with E-state index < -0.39 is 0 Å². The van der Waals surface area contributed by atoms with Crippen molar-refractivity contribution in [3.8, 4) is 5.75 Å². The van der Waals surface area contributed by atoms with E-state index >= 15 is 0 Å². The monoisotopic (exact) mass is 455 g/mol. The van der Waals surface area contributed by atoms with Crippen molar-refractivity contribution >= 4 is 46.3 Å². The van der Waals surface area contributed by atoms with E-state index in [1.54, 1.807) is 31.4 Å². The van der Waals surface area contributed by atoms with E-state index in [1.165, 1.54) is 28.7 Å². The average molecular weight is 456 g/mol. The zero-order valence-corrected chi connectivity index (χ0v) is 19.3. The molecule has 3 aromatic rings. The minimum atomic E-state index is -0.116. The standard InChI is InChI=1S/C23H25N3O3S2/c1-15(2)16-4-6-17(7-5-16)24-21(27)12-19-13-30-23(26-19)31-14-22(28)25-18-8-10-20(29-3)11-9-18/h4-11,13,15H,12,14H2,1-3H3,(H,24,27)(H,25,28). The number of benzene rings is 2. The fourth-order valence-corrected chi connectivity index (χ4v) is 4.40. The molecule has 0 bridgehead atoms. The number of amides is 2. The first-order chi connectivity index (χ1) is 14.9.